The number of carbonyl (C=O) groups is 1. The number of hydrogen-bond donors (Lipinski definition) is 1. The molecule has 0 aliphatic carbocycles. The standard InChI is InChI=1S/C9H16N2O/c1-2-9(12)6-11-5-7-3-8(11)4-10-7/h7-8,10H,2-6H2,1H3/t7-,8-/m0/s1. The predicted octanol–water partition coefficient (Wildman–Crippen LogP) is 0.0116. The van der Waals surface area contributed by atoms with Gasteiger partial charge < -0.3 is 5.32 Å². The molecule has 0 spiro atoms. The van der Waals surface area contributed by atoms with Gasteiger partial charge in [0.25, 0.3) is 0 Å². The molecule has 2 fully saturated rings. The predicted molar refractivity (Wildman–Crippen MR) is 47.1 cm³/mol. The summed E-state index contributed by atoms with van der Waals surface area (Å²) in [5, 5.41) is 3.42. The van der Waals surface area contributed by atoms with Crippen molar-refractivity contribution in [3.05, 3.63) is 0 Å². The number of carbonyl (C=O) groups excluding carboxylic acids is 1. The molecule has 3 nitrogen and oxygen atoms in total. The minimum absolute atomic E-state index is 0.377. The van der Waals surface area contributed by atoms with Crippen LogP contribution in [0.1, 0.15) is 19.8 Å². The summed E-state index contributed by atoms with van der Waals surface area (Å²) in [6.07, 6.45) is 1.93. The van der Waals surface area contributed by atoms with E-state index >= 15 is 0 Å². The highest BCUT2D eigenvalue weighted by Gasteiger charge is 2.37. The molecule has 0 aromatic heterocycles. The van der Waals surface area contributed by atoms with Crippen LogP contribution in [0.3, 0.4) is 0 Å². The lowest BCUT2D eigenvalue weighted by Crippen LogP contribution is -2.45. The van der Waals surface area contributed by atoms with Crippen LogP contribution in [0.15, 0.2) is 0 Å². The molecule has 0 radical (unpaired) electrons. The fourth-order valence-corrected chi connectivity index (χ4v) is 2.18. The third kappa shape index (κ3) is 1.39. The van der Waals surface area contributed by atoms with Crippen molar-refractivity contribution in [1.29, 1.82) is 0 Å². The van der Waals surface area contributed by atoms with Crippen molar-refractivity contribution in [3.63, 3.8) is 0 Å². The molecule has 2 rings (SSSR count). The molecule has 2 saturated heterocycles. The summed E-state index contributed by atoms with van der Waals surface area (Å²) in [6.45, 7) is 4.78. The average Bonchev–Trinajstić information content (AvgIpc) is 2.64. The monoisotopic (exact) mass is 168 g/mol. The van der Waals surface area contributed by atoms with Gasteiger partial charge in [0.15, 0.2) is 0 Å². The number of hydrogen-bond acceptors (Lipinski definition) is 3. The molecule has 2 heterocycles. The first kappa shape index (κ1) is 8.20. The van der Waals surface area contributed by atoms with Gasteiger partial charge in [0.1, 0.15) is 5.78 Å². The van der Waals surface area contributed by atoms with E-state index in [2.05, 4.69) is 10.2 Å². The van der Waals surface area contributed by atoms with Gasteiger partial charge in [-0.1, -0.05) is 6.92 Å². The van der Waals surface area contributed by atoms with E-state index in [-0.39, 0.29) is 0 Å². The molecule has 68 valence electrons. The molecular weight excluding hydrogens is 152 g/mol. The van der Waals surface area contributed by atoms with Gasteiger partial charge in [-0.25, -0.2) is 0 Å². The molecule has 12 heavy (non-hydrogen) atoms. The Hall–Kier alpha value is -0.410. The smallest absolute Gasteiger partial charge is 0.146 e. The number of rotatable bonds is 3. The van der Waals surface area contributed by atoms with Crippen molar-refractivity contribution in [2.24, 2.45) is 0 Å². The van der Waals surface area contributed by atoms with Gasteiger partial charge in [0.05, 0.1) is 6.54 Å². The lowest BCUT2D eigenvalue weighted by molar-refractivity contribution is -0.120. The number of ketones is 1. The van der Waals surface area contributed by atoms with E-state index < -0.39 is 0 Å². The highest BCUT2D eigenvalue weighted by atomic mass is 16.1. The first-order valence-electron chi connectivity index (χ1n) is 4.78. The van der Waals surface area contributed by atoms with Crippen molar-refractivity contribution >= 4 is 5.78 Å². The van der Waals surface area contributed by atoms with Gasteiger partial charge in [-0.2, -0.15) is 0 Å². The number of piperazine rings is 1. The minimum atomic E-state index is 0.377. The summed E-state index contributed by atoms with van der Waals surface area (Å²) >= 11 is 0. The van der Waals surface area contributed by atoms with Gasteiger partial charge in [0, 0.05) is 31.6 Å². The zero-order valence-corrected chi connectivity index (χ0v) is 7.55. The molecule has 3 heteroatoms. The van der Waals surface area contributed by atoms with E-state index in [1.165, 1.54) is 6.42 Å². The Morgan fingerprint density at radius 1 is 1.67 bits per heavy atom. The number of Topliss-reactive ketones (excluding diaryl/α,β-unsaturated/α-hetero) is 1. The normalized spacial score (nSPS) is 34.4. The maximum atomic E-state index is 11.2. The highest BCUT2D eigenvalue weighted by molar-refractivity contribution is 5.80. The van der Waals surface area contributed by atoms with E-state index in [4.69, 9.17) is 0 Å². The second kappa shape index (κ2) is 3.15. The third-order valence-electron chi connectivity index (χ3n) is 2.94. The van der Waals surface area contributed by atoms with E-state index in [0.29, 0.717) is 30.8 Å². The second-order valence-corrected chi connectivity index (χ2v) is 3.82. The van der Waals surface area contributed by atoms with Crippen molar-refractivity contribution in [1.82, 2.24) is 10.2 Å². The van der Waals surface area contributed by atoms with Gasteiger partial charge in [-0.05, 0) is 6.42 Å². The van der Waals surface area contributed by atoms with Gasteiger partial charge >= 0.3 is 0 Å². The Morgan fingerprint density at radius 2 is 2.50 bits per heavy atom. The maximum absolute atomic E-state index is 11.2. The van der Waals surface area contributed by atoms with Crippen molar-refractivity contribution in [2.45, 2.75) is 31.8 Å². The quantitative estimate of drug-likeness (QED) is 0.644. The van der Waals surface area contributed by atoms with Crippen LogP contribution in [0, 0.1) is 0 Å². The second-order valence-electron chi connectivity index (χ2n) is 3.82. The van der Waals surface area contributed by atoms with Gasteiger partial charge in [-0.15, -0.1) is 0 Å². The first-order chi connectivity index (χ1) is 5.79. The van der Waals surface area contributed by atoms with Crippen LogP contribution in [-0.4, -0.2) is 42.4 Å². The van der Waals surface area contributed by atoms with E-state index in [1.807, 2.05) is 6.92 Å². The van der Waals surface area contributed by atoms with E-state index in [9.17, 15) is 4.79 Å². The number of nitrogens with one attached hydrogen (secondary N) is 1. The van der Waals surface area contributed by atoms with Crippen LogP contribution < -0.4 is 5.32 Å². The Labute approximate surface area is 73.1 Å². The number of nitrogens with zero attached hydrogens (tertiary/aromatic N) is 1. The summed E-state index contributed by atoms with van der Waals surface area (Å²) in [4.78, 5) is 13.5. The average molecular weight is 168 g/mol. The van der Waals surface area contributed by atoms with Crippen molar-refractivity contribution < 1.29 is 4.79 Å². The van der Waals surface area contributed by atoms with Gasteiger partial charge in [-0.3, -0.25) is 9.69 Å². The Balaban J connectivity index is 1.86. The molecule has 2 aliphatic rings. The van der Waals surface area contributed by atoms with Crippen LogP contribution in [-0.2, 0) is 4.79 Å². The summed E-state index contributed by atoms with van der Waals surface area (Å²) in [7, 11) is 0. The summed E-state index contributed by atoms with van der Waals surface area (Å²) in [5.74, 6) is 0.377. The summed E-state index contributed by atoms with van der Waals surface area (Å²) < 4.78 is 0. The number of likely N-dealkylation sites (tertiary alicyclic amines) is 1. The van der Waals surface area contributed by atoms with Crippen LogP contribution in [0.2, 0.25) is 0 Å². The molecule has 2 atom stereocenters. The largest absolute Gasteiger partial charge is 0.311 e. The van der Waals surface area contributed by atoms with Crippen LogP contribution >= 0.6 is 0 Å². The third-order valence-corrected chi connectivity index (χ3v) is 2.94. The lowest BCUT2D eigenvalue weighted by atomic mass is 10.2. The fourth-order valence-electron chi connectivity index (χ4n) is 2.18. The molecule has 0 aromatic rings. The Morgan fingerprint density at radius 3 is 3.00 bits per heavy atom. The molecule has 0 unspecified atom stereocenters. The zero-order valence-electron chi connectivity index (χ0n) is 7.55. The molecule has 2 aliphatic heterocycles. The molecule has 2 bridgehead atoms. The lowest BCUT2D eigenvalue weighted by Gasteiger charge is -2.26. The van der Waals surface area contributed by atoms with Gasteiger partial charge in [0.2, 0.25) is 0 Å². The maximum Gasteiger partial charge on any atom is 0.146 e. The molecule has 0 saturated carbocycles. The first-order valence-corrected chi connectivity index (χ1v) is 4.78. The van der Waals surface area contributed by atoms with Crippen molar-refractivity contribution in [3.8, 4) is 0 Å². The minimum Gasteiger partial charge on any atom is -0.311 e. The fraction of sp³-hybridized carbons (Fsp3) is 0.889. The Bertz CT molecular complexity index is 193. The van der Waals surface area contributed by atoms with Crippen molar-refractivity contribution in [2.75, 3.05) is 19.6 Å². The highest BCUT2D eigenvalue weighted by Crippen LogP contribution is 2.22. The van der Waals surface area contributed by atoms with Crippen LogP contribution in [0.5, 0.6) is 0 Å². The zero-order chi connectivity index (χ0) is 8.55. The Kier molecular flexibility index (Phi) is 2.15. The molecule has 0 aromatic carbocycles. The van der Waals surface area contributed by atoms with Crippen LogP contribution in [0.4, 0.5) is 0 Å². The topological polar surface area (TPSA) is 32.3 Å². The number of fused-ring (bicyclic) bond motifs is 2. The molecule has 1 N–H and O–H groups in total. The SMILES string of the molecule is CCC(=O)CN1C[C@@H]2C[C@H]1CN2. The summed E-state index contributed by atoms with van der Waals surface area (Å²) in [6, 6.07) is 1.31. The van der Waals surface area contributed by atoms with E-state index in [0.717, 1.165) is 13.1 Å². The summed E-state index contributed by atoms with van der Waals surface area (Å²) in [5.41, 5.74) is 0. The van der Waals surface area contributed by atoms with E-state index in [1.54, 1.807) is 0 Å². The molecular formula is C9H16N2O. The van der Waals surface area contributed by atoms with Crippen LogP contribution in [0.25, 0.3) is 0 Å². The molecule has 0 amide bonds.